The molecule has 108 valence electrons. The summed E-state index contributed by atoms with van der Waals surface area (Å²) in [6.45, 7) is 7.68. The van der Waals surface area contributed by atoms with Crippen molar-refractivity contribution in [3.05, 3.63) is 17.0 Å². The van der Waals surface area contributed by atoms with Gasteiger partial charge in [0, 0.05) is 11.3 Å². The Morgan fingerprint density at radius 1 is 1.47 bits per heavy atom. The van der Waals surface area contributed by atoms with Crippen molar-refractivity contribution in [2.75, 3.05) is 12.4 Å². The van der Waals surface area contributed by atoms with Gasteiger partial charge in [0.2, 0.25) is 5.91 Å². The van der Waals surface area contributed by atoms with Crippen LogP contribution in [0.2, 0.25) is 0 Å². The molecule has 0 bridgehead atoms. The van der Waals surface area contributed by atoms with Gasteiger partial charge in [0.1, 0.15) is 5.76 Å². The van der Waals surface area contributed by atoms with E-state index in [1.807, 2.05) is 27.7 Å². The molecule has 0 saturated carbocycles. The van der Waals surface area contributed by atoms with Crippen LogP contribution < -0.4 is 5.32 Å². The Labute approximate surface area is 118 Å². The van der Waals surface area contributed by atoms with Crippen molar-refractivity contribution < 1.29 is 14.4 Å². The number of amides is 1. The van der Waals surface area contributed by atoms with Crippen LogP contribution in [-0.4, -0.2) is 34.6 Å². The Bertz CT molecular complexity index is 399. The van der Waals surface area contributed by atoms with Gasteiger partial charge in [0.05, 0.1) is 24.1 Å². The van der Waals surface area contributed by atoms with Gasteiger partial charge in [-0.25, -0.2) is 0 Å². The van der Waals surface area contributed by atoms with E-state index < -0.39 is 0 Å². The molecule has 0 spiro atoms. The minimum Gasteiger partial charge on any atom is -0.394 e. The summed E-state index contributed by atoms with van der Waals surface area (Å²) in [4.78, 5) is 11.7. The molecule has 1 atom stereocenters. The summed E-state index contributed by atoms with van der Waals surface area (Å²) < 4.78 is 5.07. The first-order chi connectivity index (χ1) is 8.95. The molecule has 1 aromatic heterocycles. The van der Waals surface area contributed by atoms with Gasteiger partial charge in [0.15, 0.2) is 0 Å². The summed E-state index contributed by atoms with van der Waals surface area (Å²) >= 11 is 1.52. The first kappa shape index (κ1) is 16.0. The van der Waals surface area contributed by atoms with E-state index in [0.717, 1.165) is 17.0 Å². The number of hydrogen-bond acceptors (Lipinski definition) is 5. The second-order valence-electron chi connectivity index (χ2n) is 4.90. The highest BCUT2D eigenvalue weighted by Crippen LogP contribution is 2.19. The van der Waals surface area contributed by atoms with Crippen molar-refractivity contribution in [2.24, 2.45) is 5.92 Å². The van der Waals surface area contributed by atoms with E-state index in [4.69, 9.17) is 9.63 Å². The second-order valence-corrected chi connectivity index (χ2v) is 5.88. The fourth-order valence-corrected chi connectivity index (χ4v) is 2.61. The highest BCUT2D eigenvalue weighted by atomic mass is 32.2. The lowest BCUT2D eigenvalue weighted by Gasteiger charge is -2.19. The molecule has 0 aliphatic carbocycles. The van der Waals surface area contributed by atoms with Crippen molar-refractivity contribution >= 4 is 17.7 Å². The zero-order valence-electron chi connectivity index (χ0n) is 11.9. The maximum atomic E-state index is 11.7. The SMILES string of the molecule is Cc1noc(C)c1CSCC(=O)NC(CO)C(C)C. The van der Waals surface area contributed by atoms with Gasteiger partial charge < -0.3 is 14.9 Å². The number of thioether (sulfide) groups is 1. The van der Waals surface area contributed by atoms with Gasteiger partial charge in [-0.3, -0.25) is 4.79 Å². The van der Waals surface area contributed by atoms with E-state index in [-0.39, 0.29) is 24.5 Å². The average molecular weight is 286 g/mol. The monoisotopic (exact) mass is 286 g/mol. The number of hydrogen-bond donors (Lipinski definition) is 2. The molecule has 0 saturated heterocycles. The van der Waals surface area contributed by atoms with Crippen LogP contribution in [0.5, 0.6) is 0 Å². The Hall–Kier alpha value is -1.01. The molecule has 19 heavy (non-hydrogen) atoms. The first-order valence-corrected chi connectivity index (χ1v) is 7.50. The molecule has 1 rings (SSSR count). The summed E-state index contributed by atoms with van der Waals surface area (Å²) in [5, 5.41) is 15.9. The van der Waals surface area contributed by atoms with Crippen LogP contribution >= 0.6 is 11.8 Å². The molecule has 0 aliphatic rings. The molecule has 2 N–H and O–H groups in total. The minimum atomic E-state index is -0.174. The fourth-order valence-electron chi connectivity index (χ4n) is 1.63. The third-order valence-electron chi connectivity index (χ3n) is 3.01. The number of nitrogens with zero attached hydrogens (tertiary/aromatic N) is 1. The number of nitrogens with one attached hydrogen (secondary N) is 1. The topological polar surface area (TPSA) is 75.4 Å². The third-order valence-corrected chi connectivity index (χ3v) is 3.97. The zero-order chi connectivity index (χ0) is 14.4. The smallest absolute Gasteiger partial charge is 0.230 e. The number of rotatable bonds is 7. The van der Waals surface area contributed by atoms with Crippen LogP contribution in [0.3, 0.4) is 0 Å². The van der Waals surface area contributed by atoms with Crippen molar-refractivity contribution in [2.45, 2.75) is 39.5 Å². The van der Waals surface area contributed by atoms with Gasteiger partial charge in [-0.2, -0.15) is 0 Å². The van der Waals surface area contributed by atoms with E-state index in [2.05, 4.69) is 10.5 Å². The van der Waals surface area contributed by atoms with E-state index in [0.29, 0.717) is 11.5 Å². The van der Waals surface area contributed by atoms with E-state index in [1.54, 1.807) is 0 Å². The Kier molecular flexibility index (Phi) is 6.37. The number of aliphatic hydroxyl groups excluding tert-OH is 1. The fraction of sp³-hybridized carbons (Fsp3) is 0.692. The standard InChI is InChI=1S/C13H22N2O3S/c1-8(2)12(5-16)14-13(17)7-19-6-11-9(3)15-18-10(11)4/h8,12,16H,5-7H2,1-4H3,(H,14,17). The average Bonchev–Trinajstić information content (AvgIpc) is 2.67. The van der Waals surface area contributed by atoms with Gasteiger partial charge in [-0.15, -0.1) is 11.8 Å². The molecule has 0 aliphatic heterocycles. The summed E-state index contributed by atoms with van der Waals surface area (Å²) in [5.74, 6) is 2.06. The molecule has 1 unspecified atom stereocenters. The molecule has 0 fully saturated rings. The predicted molar refractivity (Wildman–Crippen MR) is 76.0 cm³/mol. The normalized spacial score (nSPS) is 12.7. The van der Waals surface area contributed by atoms with E-state index >= 15 is 0 Å². The van der Waals surface area contributed by atoms with Gasteiger partial charge >= 0.3 is 0 Å². The number of aliphatic hydroxyl groups is 1. The maximum absolute atomic E-state index is 11.7. The maximum Gasteiger partial charge on any atom is 0.230 e. The molecule has 0 radical (unpaired) electrons. The van der Waals surface area contributed by atoms with Gasteiger partial charge in [-0.05, 0) is 19.8 Å². The van der Waals surface area contributed by atoms with Crippen molar-refractivity contribution in [3.8, 4) is 0 Å². The Morgan fingerprint density at radius 3 is 2.63 bits per heavy atom. The summed E-state index contributed by atoms with van der Waals surface area (Å²) in [5.41, 5.74) is 1.93. The number of carbonyl (C=O) groups excluding carboxylic acids is 1. The predicted octanol–water partition coefficient (Wildman–Crippen LogP) is 1.66. The summed E-state index contributed by atoms with van der Waals surface area (Å²) in [6.07, 6.45) is 0. The molecule has 1 amide bonds. The third kappa shape index (κ3) is 4.87. The molecule has 6 heteroatoms. The number of carbonyl (C=O) groups is 1. The van der Waals surface area contributed by atoms with Gasteiger partial charge in [0.25, 0.3) is 0 Å². The minimum absolute atomic E-state index is 0.0298. The van der Waals surface area contributed by atoms with Crippen LogP contribution in [-0.2, 0) is 10.5 Å². The number of aryl methyl sites for hydroxylation is 2. The summed E-state index contributed by atoms with van der Waals surface area (Å²) in [6, 6.07) is -0.174. The molecule has 0 aromatic carbocycles. The van der Waals surface area contributed by atoms with E-state index in [9.17, 15) is 4.79 Å². The molecule has 1 heterocycles. The zero-order valence-corrected chi connectivity index (χ0v) is 12.7. The molecule has 5 nitrogen and oxygen atoms in total. The van der Waals surface area contributed by atoms with Crippen LogP contribution in [0.15, 0.2) is 4.52 Å². The van der Waals surface area contributed by atoms with Crippen LogP contribution in [0.25, 0.3) is 0 Å². The van der Waals surface area contributed by atoms with Gasteiger partial charge in [-0.1, -0.05) is 19.0 Å². The Morgan fingerprint density at radius 2 is 2.16 bits per heavy atom. The van der Waals surface area contributed by atoms with Crippen molar-refractivity contribution in [3.63, 3.8) is 0 Å². The van der Waals surface area contributed by atoms with Crippen molar-refractivity contribution in [1.82, 2.24) is 10.5 Å². The summed E-state index contributed by atoms with van der Waals surface area (Å²) in [7, 11) is 0. The quantitative estimate of drug-likeness (QED) is 0.797. The van der Waals surface area contributed by atoms with Crippen LogP contribution in [0.4, 0.5) is 0 Å². The molecule has 1 aromatic rings. The highest BCUT2D eigenvalue weighted by molar-refractivity contribution is 7.99. The van der Waals surface area contributed by atoms with Crippen LogP contribution in [0.1, 0.15) is 30.9 Å². The lowest BCUT2D eigenvalue weighted by Crippen LogP contribution is -2.42. The number of aromatic nitrogens is 1. The van der Waals surface area contributed by atoms with Crippen LogP contribution in [0, 0.1) is 19.8 Å². The largest absolute Gasteiger partial charge is 0.394 e. The lowest BCUT2D eigenvalue weighted by molar-refractivity contribution is -0.119. The lowest BCUT2D eigenvalue weighted by atomic mass is 10.1. The second kappa shape index (κ2) is 7.55. The molecular formula is C13H22N2O3S. The van der Waals surface area contributed by atoms with Crippen molar-refractivity contribution in [1.29, 1.82) is 0 Å². The molecular weight excluding hydrogens is 264 g/mol. The Balaban J connectivity index is 2.35. The first-order valence-electron chi connectivity index (χ1n) is 6.35. The highest BCUT2D eigenvalue weighted by Gasteiger charge is 2.15. The van der Waals surface area contributed by atoms with E-state index in [1.165, 1.54) is 11.8 Å².